The highest BCUT2D eigenvalue weighted by Crippen LogP contribution is 2.35. The lowest BCUT2D eigenvalue weighted by molar-refractivity contribution is -0.116. The Balaban J connectivity index is 1.32. The number of amides is 1. The van der Waals surface area contributed by atoms with Crippen LogP contribution in [-0.4, -0.2) is 39.6 Å². The van der Waals surface area contributed by atoms with Gasteiger partial charge in [0, 0.05) is 29.5 Å². The SMILES string of the molecule is COc1cccc(NCc2nnc(SCC(=O)N3c4ccccc4CC3C)n2C2CCCCC2)c1. The van der Waals surface area contributed by atoms with Crippen LogP contribution in [0.25, 0.3) is 0 Å². The molecule has 1 aromatic heterocycles. The first-order valence-electron chi connectivity index (χ1n) is 12.5. The monoisotopic (exact) mass is 491 g/mol. The standard InChI is InChI=1S/C27H33N5O2S/c1-19-15-20-9-6-7-14-24(20)31(19)26(33)18-35-27-30-29-25(32(27)22-11-4-3-5-12-22)17-28-21-10-8-13-23(16-21)34-2/h6-10,13-14,16,19,22,28H,3-5,11-12,15,17-18H2,1-2H3. The minimum absolute atomic E-state index is 0.127. The van der Waals surface area contributed by atoms with Gasteiger partial charge in [0.25, 0.3) is 0 Å². The molecule has 1 amide bonds. The zero-order valence-electron chi connectivity index (χ0n) is 20.4. The third-order valence-electron chi connectivity index (χ3n) is 7.00. The van der Waals surface area contributed by atoms with Crippen LogP contribution in [0.1, 0.15) is 56.5 Å². The van der Waals surface area contributed by atoms with Crippen LogP contribution in [0.3, 0.4) is 0 Å². The average molecular weight is 492 g/mol. The van der Waals surface area contributed by atoms with E-state index in [0.717, 1.165) is 47.4 Å². The van der Waals surface area contributed by atoms with Crippen molar-refractivity contribution in [2.45, 2.75) is 69.2 Å². The highest BCUT2D eigenvalue weighted by molar-refractivity contribution is 7.99. The molecule has 1 atom stereocenters. The van der Waals surface area contributed by atoms with Gasteiger partial charge in [-0.15, -0.1) is 10.2 Å². The Hall–Kier alpha value is -3.00. The fourth-order valence-corrected chi connectivity index (χ4v) is 6.17. The number of nitrogens with zero attached hydrogens (tertiary/aromatic N) is 4. The highest BCUT2D eigenvalue weighted by Gasteiger charge is 2.31. The largest absolute Gasteiger partial charge is 0.497 e. The second-order valence-corrected chi connectivity index (χ2v) is 10.3. The number of benzene rings is 2. The Bertz CT molecular complexity index is 1170. The molecule has 1 fully saturated rings. The van der Waals surface area contributed by atoms with E-state index in [1.807, 2.05) is 47.4 Å². The highest BCUT2D eigenvalue weighted by atomic mass is 32.2. The molecule has 35 heavy (non-hydrogen) atoms. The number of nitrogens with one attached hydrogen (secondary N) is 1. The van der Waals surface area contributed by atoms with Crippen molar-refractivity contribution in [2.75, 3.05) is 23.1 Å². The molecule has 5 rings (SSSR count). The number of para-hydroxylation sites is 1. The van der Waals surface area contributed by atoms with E-state index in [0.29, 0.717) is 18.3 Å². The molecular weight excluding hydrogens is 458 g/mol. The van der Waals surface area contributed by atoms with Crippen molar-refractivity contribution in [3.8, 4) is 5.75 Å². The number of fused-ring (bicyclic) bond motifs is 1. The molecule has 0 saturated heterocycles. The number of carbonyl (C=O) groups excluding carboxylic acids is 1. The van der Waals surface area contributed by atoms with E-state index < -0.39 is 0 Å². The van der Waals surface area contributed by atoms with Gasteiger partial charge in [-0.05, 0) is 49.9 Å². The summed E-state index contributed by atoms with van der Waals surface area (Å²) in [6.45, 7) is 2.69. The van der Waals surface area contributed by atoms with E-state index in [1.54, 1.807) is 7.11 Å². The summed E-state index contributed by atoms with van der Waals surface area (Å²) in [5.74, 6) is 2.21. The second kappa shape index (κ2) is 10.7. The number of thioether (sulfide) groups is 1. The molecule has 0 bridgehead atoms. The molecule has 1 saturated carbocycles. The molecule has 7 nitrogen and oxygen atoms in total. The van der Waals surface area contributed by atoms with Crippen LogP contribution in [0.15, 0.2) is 53.7 Å². The predicted molar refractivity (Wildman–Crippen MR) is 140 cm³/mol. The van der Waals surface area contributed by atoms with Crippen LogP contribution in [-0.2, 0) is 17.8 Å². The molecule has 1 N–H and O–H groups in total. The second-order valence-electron chi connectivity index (χ2n) is 9.38. The predicted octanol–water partition coefficient (Wildman–Crippen LogP) is 5.47. The van der Waals surface area contributed by atoms with E-state index >= 15 is 0 Å². The van der Waals surface area contributed by atoms with Crippen molar-refractivity contribution in [3.63, 3.8) is 0 Å². The molecule has 3 aromatic rings. The first-order chi connectivity index (χ1) is 17.1. The Kier molecular flexibility index (Phi) is 7.27. The number of methoxy groups -OCH3 is 1. The fourth-order valence-electron chi connectivity index (χ4n) is 5.29. The van der Waals surface area contributed by atoms with Crippen molar-refractivity contribution < 1.29 is 9.53 Å². The van der Waals surface area contributed by atoms with Crippen molar-refractivity contribution in [3.05, 3.63) is 59.9 Å². The minimum atomic E-state index is 0.127. The van der Waals surface area contributed by atoms with Crippen LogP contribution in [0, 0.1) is 0 Å². The van der Waals surface area contributed by atoms with Gasteiger partial charge >= 0.3 is 0 Å². The van der Waals surface area contributed by atoms with Gasteiger partial charge in [-0.3, -0.25) is 4.79 Å². The number of hydrogen-bond donors (Lipinski definition) is 1. The van der Waals surface area contributed by atoms with Crippen molar-refractivity contribution in [1.29, 1.82) is 0 Å². The van der Waals surface area contributed by atoms with Crippen LogP contribution in [0.4, 0.5) is 11.4 Å². The van der Waals surface area contributed by atoms with Gasteiger partial charge in [-0.25, -0.2) is 0 Å². The van der Waals surface area contributed by atoms with E-state index in [1.165, 1.54) is 36.6 Å². The topological polar surface area (TPSA) is 72.3 Å². The average Bonchev–Trinajstić information content (AvgIpc) is 3.46. The number of aromatic nitrogens is 3. The number of carbonyl (C=O) groups is 1. The number of hydrogen-bond acceptors (Lipinski definition) is 6. The van der Waals surface area contributed by atoms with Crippen molar-refractivity contribution >= 4 is 29.0 Å². The number of ether oxygens (including phenoxy) is 1. The number of rotatable bonds is 8. The zero-order chi connectivity index (χ0) is 24.2. The molecule has 2 aromatic carbocycles. The summed E-state index contributed by atoms with van der Waals surface area (Å²) in [6, 6.07) is 16.7. The Labute approximate surface area is 211 Å². The van der Waals surface area contributed by atoms with Crippen LogP contribution in [0.2, 0.25) is 0 Å². The Morgan fingerprint density at radius 2 is 1.94 bits per heavy atom. The molecular formula is C27H33N5O2S. The van der Waals surface area contributed by atoms with E-state index in [4.69, 9.17) is 4.74 Å². The summed E-state index contributed by atoms with van der Waals surface area (Å²) >= 11 is 1.51. The molecule has 0 spiro atoms. The van der Waals surface area contributed by atoms with Gasteiger partial charge < -0.3 is 19.5 Å². The minimum Gasteiger partial charge on any atom is -0.497 e. The lowest BCUT2D eigenvalue weighted by atomic mass is 9.95. The molecule has 0 radical (unpaired) electrons. The van der Waals surface area contributed by atoms with E-state index in [-0.39, 0.29) is 11.9 Å². The molecule has 184 valence electrons. The first kappa shape index (κ1) is 23.7. The molecule has 1 aliphatic carbocycles. The molecule has 8 heteroatoms. The molecule has 2 heterocycles. The normalized spacial score (nSPS) is 17.9. The van der Waals surface area contributed by atoms with Gasteiger partial charge in [0.2, 0.25) is 5.91 Å². The fraction of sp³-hybridized carbons (Fsp3) is 0.444. The molecule has 1 unspecified atom stereocenters. The first-order valence-corrected chi connectivity index (χ1v) is 13.5. The maximum atomic E-state index is 13.3. The van der Waals surface area contributed by atoms with Crippen molar-refractivity contribution in [1.82, 2.24) is 14.8 Å². The maximum Gasteiger partial charge on any atom is 0.237 e. The third-order valence-corrected chi connectivity index (χ3v) is 7.92. The lowest BCUT2D eigenvalue weighted by Gasteiger charge is -2.26. The summed E-state index contributed by atoms with van der Waals surface area (Å²) < 4.78 is 7.63. The van der Waals surface area contributed by atoms with Crippen LogP contribution in [0.5, 0.6) is 5.75 Å². The quantitative estimate of drug-likeness (QED) is 0.421. The summed E-state index contributed by atoms with van der Waals surface area (Å²) in [5, 5.41) is 13.4. The molecule has 2 aliphatic rings. The summed E-state index contributed by atoms with van der Waals surface area (Å²) in [4.78, 5) is 15.2. The van der Waals surface area contributed by atoms with Crippen molar-refractivity contribution in [2.24, 2.45) is 0 Å². The smallest absolute Gasteiger partial charge is 0.237 e. The summed E-state index contributed by atoms with van der Waals surface area (Å²) in [6.07, 6.45) is 6.88. The van der Waals surface area contributed by atoms with Gasteiger partial charge in [0.1, 0.15) is 5.75 Å². The Morgan fingerprint density at radius 3 is 2.77 bits per heavy atom. The van der Waals surface area contributed by atoms with Gasteiger partial charge in [0.05, 0.1) is 19.4 Å². The van der Waals surface area contributed by atoms with E-state index in [9.17, 15) is 4.79 Å². The summed E-state index contributed by atoms with van der Waals surface area (Å²) in [7, 11) is 1.67. The maximum absolute atomic E-state index is 13.3. The molecule has 1 aliphatic heterocycles. The van der Waals surface area contributed by atoms with Crippen LogP contribution >= 0.6 is 11.8 Å². The van der Waals surface area contributed by atoms with Crippen LogP contribution < -0.4 is 15.0 Å². The summed E-state index contributed by atoms with van der Waals surface area (Å²) in [5.41, 5.74) is 3.27. The Morgan fingerprint density at radius 1 is 1.11 bits per heavy atom. The number of anilines is 2. The lowest BCUT2D eigenvalue weighted by Crippen LogP contribution is -2.37. The van der Waals surface area contributed by atoms with Gasteiger partial charge in [-0.2, -0.15) is 0 Å². The van der Waals surface area contributed by atoms with E-state index in [2.05, 4.69) is 33.1 Å². The third kappa shape index (κ3) is 5.17. The zero-order valence-corrected chi connectivity index (χ0v) is 21.3. The van der Waals surface area contributed by atoms with Gasteiger partial charge in [0.15, 0.2) is 11.0 Å². The van der Waals surface area contributed by atoms with Gasteiger partial charge in [-0.1, -0.05) is 55.3 Å².